The van der Waals surface area contributed by atoms with E-state index < -0.39 is 0 Å². The minimum atomic E-state index is 0.283. The second-order valence-electron chi connectivity index (χ2n) is 6.62. The normalized spacial score (nSPS) is 18.8. The maximum Gasteiger partial charge on any atom is 0.230 e. The molecule has 0 radical (unpaired) electrons. The van der Waals surface area contributed by atoms with Crippen molar-refractivity contribution in [1.29, 1.82) is 0 Å². The Bertz CT molecular complexity index is 614. The zero-order valence-electron chi connectivity index (χ0n) is 15.1. The fourth-order valence-corrected chi connectivity index (χ4v) is 2.97. The Balaban J connectivity index is 1.23. The Hall–Kier alpha value is -2.08. The van der Waals surface area contributed by atoms with Crippen LogP contribution in [-0.2, 0) is 17.6 Å². The molecule has 0 bridgehead atoms. The van der Waals surface area contributed by atoms with Crippen molar-refractivity contribution < 1.29 is 4.74 Å². The van der Waals surface area contributed by atoms with Crippen molar-refractivity contribution in [2.24, 2.45) is 5.10 Å². The van der Waals surface area contributed by atoms with Crippen LogP contribution < -0.4 is 16.1 Å². The van der Waals surface area contributed by atoms with Gasteiger partial charge < -0.3 is 15.4 Å². The SMILES string of the molecule is CC1C=CC(OCCNCCCCc2ccc3c(n2)NCCC3)=NN1. The summed E-state index contributed by atoms with van der Waals surface area (Å²) in [7, 11) is 0. The highest BCUT2D eigenvalue weighted by Gasteiger charge is 2.10. The first-order chi connectivity index (χ1) is 12.3. The molecule has 3 N–H and O–H groups in total. The van der Waals surface area contributed by atoms with Crippen LogP contribution in [0.25, 0.3) is 0 Å². The maximum absolute atomic E-state index is 5.58. The van der Waals surface area contributed by atoms with Gasteiger partial charge >= 0.3 is 0 Å². The van der Waals surface area contributed by atoms with Crippen LogP contribution in [0.2, 0.25) is 0 Å². The molecular formula is C19H29N5O. The number of hydrazone groups is 1. The Morgan fingerprint density at radius 3 is 3.12 bits per heavy atom. The van der Waals surface area contributed by atoms with E-state index >= 15 is 0 Å². The number of aryl methyl sites for hydroxylation is 2. The van der Waals surface area contributed by atoms with Gasteiger partial charge in [0.25, 0.3) is 0 Å². The van der Waals surface area contributed by atoms with E-state index in [1.54, 1.807) is 0 Å². The zero-order chi connectivity index (χ0) is 17.3. The molecule has 136 valence electrons. The summed E-state index contributed by atoms with van der Waals surface area (Å²) in [6.07, 6.45) is 9.66. The van der Waals surface area contributed by atoms with Crippen molar-refractivity contribution in [2.75, 3.05) is 31.6 Å². The molecule has 0 spiro atoms. The summed E-state index contributed by atoms with van der Waals surface area (Å²) in [5, 5.41) is 11.0. The van der Waals surface area contributed by atoms with Gasteiger partial charge in [0.15, 0.2) is 0 Å². The van der Waals surface area contributed by atoms with Gasteiger partial charge in [-0.1, -0.05) is 12.1 Å². The molecule has 0 saturated carbocycles. The van der Waals surface area contributed by atoms with Crippen LogP contribution in [0, 0.1) is 0 Å². The lowest BCUT2D eigenvalue weighted by atomic mass is 10.1. The van der Waals surface area contributed by atoms with E-state index in [0.717, 1.165) is 51.1 Å². The Morgan fingerprint density at radius 1 is 1.28 bits per heavy atom. The van der Waals surface area contributed by atoms with Gasteiger partial charge in [-0.2, -0.15) is 0 Å². The number of nitrogens with one attached hydrogen (secondary N) is 3. The second kappa shape index (κ2) is 9.42. The van der Waals surface area contributed by atoms with Crippen molar-refractivity contribution in [2.45, 2.75) is 45.1 Å². The summed E-state index contributed by atoms with van der Waals surface area (Å²) in [6.45, 7) is 5.58. The van der Waals surface area contributed by atoms with Gasteiger partial charge in [0.2, 0.25) is 5.90 Å². The van der Waals surface area contributed by atoms with Gasteiger partial charge in [0, 0.05) is 18.8 Å². The minimum absolute atomic E-state index is 0.283. The van der Waals surface area contributed by atoms with Crippen LogP contribution in [-0.4, -0.2) is 43.2 Å². The highest BCUT2D eigenvalue weighted by atomic mass is 16.5. The smallest absolute Gasteiger partial charge is 0.230 e. The lowest BCUT2D eigenvalue weighted by molar-refractivity contribution is 0.298. The molecule has 1 aromatic rings. The molecule has 0 saturated heterocycles. The molecule has 1 atom stereocenters. The van der Waals surface area contributed by atoms with Gasteiger partial charge in [0.1, 0.15) is 12.4 Å². The largest absolute Gasteiger partial charge is 0.475 e. The number of anilines is 1. The van der Waals surface area contributed by atoms with Gasteiger partial charge in [-0.05, 0) is 63.3 Å². The predicted molar refractivity (Wildman–Crippen MR) is 102 cm³/mol. The molecule has 2 aliphatic heterocycles. The first kappa shape index (κ1) is 17.7. The van der Waals surface area contributed by atoms with Gasteiger partial charge in [0.05, 0.1) is 6.04 Å². The van der Waals surface area contributed by atoms with Crippen molar-refractivity contribution in [3.63, 3.8) is 0 Å². The van der Waals surface area contributed by atoms with E-state index in [1.807, 2.05) is 12.2 Å². The molecule has 3 rings (SSSR count). The first-order valence-corrected chi connectivity index (χ1v) is 9.39. The molecule has 0 amide bonds. The summed E-state index contributed by atoms with van der Waals surface area (Å²) in [6, 6.07) is 4.70. The highest BCUT2D eigenvalue weighted by Crippen LogP contribution is 2.20. The quantitative estimate of drug-likeness (QED) is 0.632. The maximum atomic E-state index is 5.58. The van der Waals surface area contributed by atoms with E-state index in [9.17, 15) is 0 Å². The molecule has 6 heteroatoms. The molecular weight excluding hydrogens is 314 g/mol. The van der Waals surface area contributed by atoms with Crippen LogP contribution in [0.5, 0.6) is 0 Å². The summed E-state index contributed by atoms with van der Waals surface area (Å²) < 4.78 is 5.58. The van der Waals surface area contributed by atoms with Crippen LogP contribution in [0.1, 0.15) is 37.4 Å². The minimum Gasteiger partial charge on any atom is -0.475 e. The summed E-state index contributed by atoms with van der Waals surface area (Å²) in [4.78, 5) is 4.74. The fourth-order valence-electron chi connectivity index (χ4n) is 2.97. The molecule has 2 aliphatic rings. The number of fused-ring (bicyclic) bond motifs is 1. The molecule has 0 fully saturated rings. The third-order valence-corrected chi connectivity index (χ3v) is 4.42. The molecule has 3 heterocycles. The molecule has 6 nitrogen and oxygen atoms in total. The summed E-state index contributed by atoms with van der Waals surface area (Å²) in [5.41, 5.74) is 5.54. The Labute approximate surface area is 150 Å². The summed E-state index contributed by atoms with van der Waals surface area (Å²) >= 11 is 0. The highest BCUT2D eigenvalue weighted by molar-refractivity contribution is 5.88. The number of pyridine rings is 1. The average Bonchev–Trinajstić information content (AvgIpc) is 2.65. The van der Waals surface area contributed by atoms with E-state index in [-0.39, 0.29) is 6.04 Å². The van der Waals surface area contributed by atoms with Crippen LogP contribution in [0.15, 0.2) is 29.4 Å². The molecule has 0 aliphatic carbocycles. The Kier molecular flexibility index (Phi) is 6.68. The molecule has 25 heavy (non-hydrogen) atoms. The van der Waals surface area contributed by atoms with Crippen LogP contribution in [0.4, 0.5) is 5.82 Å². The third-order valence-electron chi connectivity index (χ3n) is 4.42. The average molecular weight is 343 g/mol. The standard InChI is InChI=1S/C19H29N5O/c1-15-7-10-18(24-23-15)25-14-13-20-11-3-2-6-17-9-8-16-5-4-12-21-19(16)22-17/h7-10,15,20,23H,2-6,11-14H2,1H3,(H,21,22). The van der Waals surface area contributed by atoms with Crippen molar-refractivity contribution in [1.82, 2.24) is 15.7 Å². The van der Waals surface area contributed by atoms with Crippen molar-refractivity contribution in [3.05, 3.63) is 35.5 Å². The van der Waals surface area contributed by atoms with E-state index in [1.165, 1.54) is 17.7 Å². The monoisotopic (exact) mass is 343 g/mol. The zero-order valence-corrected chi connectivity index (χ0v) is 15.1. The first-order valence-electron chi connectivity index (χ1n) is 9.39. The van der Waals surface area contributed by atoms with Crippen LogP contribution >= 0.6 is 0 Å². The fraction of sp³-hybridized carbons (Fsp3) is 0.579. The second-order valence-corrected chi connectivity index (χ2v) is 6.62. The topological polar surface area (TPSA) is 70.6 Å². The van der Waals surface area contributed by atoms with E-state index in [4.69, 9.17) is 9.72 Å². The number of unbranched alkanes of at least 4 members (excludes halogenated alkanes) is 1. The number of hydrogen-bond donors (Lipinski definition) is 3. The predicted octanol–water partition coefficient (Wildman–Crippen LogP) is 2.23. The summed E-state index contributed by atoms with van der Waals surface area (Å²) in [5.74, 6) is 1.76. The number of aromatic nitrogens is 1. The van der Waals surface area contributed by atoms with Crippen LogP contribution in [0.3, 0.4) is 0 Å². The lowest BCUT2D eigenvalue weighted by Crippen LogP contribution is -2.27. The number of hydrogen-bond acceptors (Lipinski definition) is 6. The third kappa shape index (κ3) is 5.74. The number of nitrogens with zero attached hydrogens (tertiary/aromatic N) is 2. The lowest BCUT2D eigenvalue weighted by Gasteiger charge is -2.17. The molecule has 1 unspecified atom stereocenters. The Morgan fingerprint density at radius 2 is 2.24 bits per heavy atom. The van der Waals surface area contributed by atoms with Gasteiger partial charge in [-0.25, -0.2) is 4.98 Å². The van der Waals surface area contributed by atoms with E-state index in [2.05, 4.69) is 40.2 Å². The van der Waals surface area contributed by atoms with E-state index in [0.29, 0.717) is 12.5 Å². The van der Waals surface area contributed by atoms with Crippen molar-refractivity contribution in [3.8, 4) is 0 Å². The van der Waals surface area contributed by atoms with Gasteiger partial charge in [-0.15, -0.1) is 5.10 Å². The van der Waals surface area contributed by atoms with Crippen molar-refractivity contribution >= 4 is 11.7 Å². The van der Waals surface area contributed by atoms with Gasteiger partial charge in [-0.3, -0.25) is 5.43 Å². The molecule has 0 aromatic carbocycles. The molecule has 1 aromatic heterocycles. The number of rotatable bonds is 8. The number of ether oxygens (including phenoxy) is 1.